The van der Waals surface area contributed by atoms with Gasteiger partial charge in [-0.05, 0) is 42.2 Å². The lowest BCUT2D eigenvalue weighted by atomic mass is 9.95. The molecule has 2 amide bonds. The third-order valence-corrected chi connectivity index (χ3v) is 5.48. The SMILES string of the molecule is CC(C)[C@H](NC(=O)COc1cccc(N2CCCC2=O)c1)c1ccc2c(c1)OCCO2. The van der Waals surface area contributed by atoms with Gasteiger partial charge >= 0.3 is 0 Å². The van der Waals surface area contributed by atoms with E-state index < -0.39 is 0 Å². The fraction of sp³-hybridized carbons (Fsp3) is 0.417. The van der Waals surface area contributed by atoms with Crippen LogP contribution in [0.4, 0.5) is 5.69 Å². The first-order valence-corrected chi connectivity index (χ1v) is 10.7. The lowest BCUT2D eigenvalue weighted by Gasteiger charge is -2.25. The zero-order valence-electron chi connectivity index (χ0n) is 17.9. The van der Waals surface area contributed by atoms with Crippen LogP contribution in [0.3, 0.4) is 0 Å². The quantitative estimate of drug-likeness (QED) is 0.736. The van der Waals surface area contributed by atoms with Crippen molar-refractivity contribution in [2.45, 2.75) is 32.7 Å². The summed E-state index contributed by atoms with van der Waals surface area (Å²) in [7, 11) is 0. The molecule has 0 radical (unpaired) electrons. The van der Waals surface area contributed by atoms with Crippen molar-refractivity contribution in [2.24, 2.45) is 5.92 Å². The number of hydrogen-bond acceptors (Lipinski definition) is 5. The van der Waals surface area contributed by atoms with Crippen LogP contribution in [-0.2, 0) is 9.59 Å². The first-order chi connectivity index (χ1) is 15.0. The highest BCUT2D eigenvalue weighted by molar-refractivity contribution is 5.95. The van der Waals surface area contributed by atoms with E-state index in [1.54, 1.807) is 17.0 Å². The number of benzene rings is 2. The van der Waals surface area contributed by atoms with Crippen molar-refractivity contribution < 1.29 is 23.8 Å². The number of nitrogens with zero attached hydrogens (tertiary/aromatic N) is 1. The van der Waals surface area contributed by atoms with Crippen LogP contribution in [0.15, 0.2) is 42.5 Å². The van der Waals surface area contributed by atoms with Crippen molar-refractivity contribution in [2.75, 3.05) is 31.3 Å². The Balaban J connectivity index is 1.38. The topological polar surface area (TPSA) is 77.1 Å². The second-order valence-electron chi connectivity index (χ2n) is 8.13. The molecule has 2 heterocycles. The van der Waals surface area contributed by atoms with E-state index in [0.717, 1.165) is 23.4 Å². The molecule has 0 spiro atoms. The van der Waals surface area contributed by atoms with Crippen molar-refractivity contribution >= 4 is 17.5 Å². The third kappa shape index (κ3) is 4.93. The smallest absolute Gasteiger partial charge is 0.258 e. The number of carbonyl (C=O) groups excluding carboxylic acids is 2. The molecule has 4 rings (SSSR count). The largest absolute Gasteiger partial charge is 0.486 e. The van der Waals surface area contributed by atoms with E-state index >= 15 is 0 Å². The standard InChI is InChI=1S/C24H28N2O5/c1-16(2)24(17-8-9-20-21(13-17)30-12-11-29-20)25-22(27)15-31-19-6-3-5-18(14-19)26-10-4-7-23(26)28/h3,5-6,8-9,13-14,16,24H,4,7,10-12,15H2,1-2H3,(H,25,27)/t24-/m0/s1. The van der Waals surface area contributed by atoms with Gasteiger partial charge in [-0.3, -0.25) is 9.59 Å². The van der Waals surface area contributed by atoms with Crippen molar-refractivity contribution in [1.82, 2.24) is 5.32 Å². The number of rotatable bonds is 7. The molecule has 1 saturated heterocycles. The molecule has 2 aliphatic heterocycles. The van der Waals surface area contributed by atoms with Crippen molar-refractivity contribution in [3.05, 3.63) is 48.0 Å². The molecular weight excluding hydrogens is 396 g/mol. The molecule has 2 aromatic carbocycles. The van der Waals surface area contributed by atoms with E-state index in [0.29, 0.717) is 37.7 Å². The number of amides is 2. The molecule has 7 heteroatoms. The number of nitrogens with one attached hydrogen (secondary N) is 1. The summed E-state index contributed by atoms with van der Waals surface area (Å²) in [5, 5.41) is 3.06. The van der Waals surface area contributed by atoms with Gasteiger partial charge < -0.3 is 24.4 Å². The summed E-state index contributed by atoms with van der Waals surface area (Å²) in [5.41, 5.74) is 1.76. The minimum atomic E-state index is -0.212. The highest BCUT2D eigenvalue weighted by Gasteiger charge is 2.23. The Kier molecular flexibility index (Phi) is 6.30. The fourth-order valence-corrected chi connectivity index (χ4v) is 3.91. The van der Waals surface area contributed by atoms with Gasteiger partial charge in [-0.2, -0.15) is 0 Å². The molecule has 2 aliphatic rings. The summed E-state index contributed by atoms with van der Waals surface area (Å²) in [5.74, 6) is 2.07. The summed E-state index contributed by atoms with van der Waals surface area (Å²) in [6, 6.07) is 12.9. The zero-order chi connectivity index (χ0) is 21.8. The summed E-state index contributed by atoms with van der Waals surface area (Å²) < 4.78 is 17.0. The van der Waals surface area contributed by atoms with E-state index in [4.69, 9.17) is 14.2 Å². The Hall–Kier alpha value is -3.22. The molecule has 7 nitrogen and oxygen atoms in total. The van der Waals surface area contributed by atoms with Gasteiger partial charge in [-0.15, -0.1) is 0 Å². The van der Waals surface area contributed by atoms with Crippen LogP contribution in [0, 0.1) is 5.92 Å². The Morgan fingerprint density at radius 3 is 2.68 bits per heavy atom. The van der Waals surface area contributed by atoms with Gasteiger partial charge in [0.05, 0.1) is 6.04 Å². The van der Waals surface area contributed by atoms with Gasteiger partial charge in [-0.25, -0.2) is 0 Å². The van der Waals surface area contributed by atoms with Crippen molar-refractivity contribution in [3.63, 3.8) is 0 Å². The highest BCUT2D eigenvalue weighted by atomic mass is 16.6. The van der Waals surface area contributed by atoms with Crippen molar-refractivity contribution in [3.8, 4) is 17.2 Å². The molecule has 0 aromatic heterocycles. The van der Waals surface area contributed by atoms with Crippen LogP contribution in [0.5, 0.6) is 17.2 Å². The third-order valence-electron chi connectivity index (χ3n) is 5.48. The summed E-state index contributed by atoms with van der Waals surface area (Å²) in [6.07, 6.45) is 1.44. The van der Waals surface area contributed by atoms with Crippen LogP contribution in [0.25, 0.3) is 0 Å². The van der Waals surface area contributed by atoms with Gasteiger partial charge in [0.15, 0.2) is 18.1 Å². The van der Waals surface area contributed by atoms with Gasteiger partial charge in [0, 0.05) is 24.7 Å². The summed E-state index contributed by atoms with van der Waals surface area (Å²) in [4.78, 5) is 26.3. The molecule has 164 valence electrons. The van der Waals surface area contributed by atoms with E-state index in [2.05, 4.69) is 19.2 Å². The van der Waals surface area contributed by atoms with E-state index in [-0.39, 0.29) is 30.4 Å². The molecule has 31 heavy (non-hydrogen) atoms. The second kappa shape index (κ2) is 9.29. The van der Waals surface area contributed by atoms with Gasteiger partial charge in [0.25, 0.3) is 5.91 Å². The van der Waals surface area contributed by atoms with E-state index in [1.165, 1.54) is 0 Å². The maximum absolute atomic E-state index is 12.6. The van der Waals surface area contributed by atoms with Crippen molar-refractivity contribution in [1.29, 1.82) is 0 Å². The van der Waals surface area contributed by atoms with Crippen LogP contribution < -0.4 is 24.4 Å². The predicted molar refractivity (Wildman–Crippen MR) is 117 cm³/mol. The number of fused-ring (bicyclic) bond motifs is 1. The normalized spacial score (nSPS) is 16.4. The first-order valence-electron chi connectivity index (χ1n) is 10.7. The van der Waals surface area contributed by atoms with Crippen LogP contribution in [0.2, 0.25) is 0 Å². The maximum atomic E-state index is 12.6. The molecule has 1 N–H and O–H groups in total. The predicted octanol–water partition coefficient (Wildman–Crippen LogP) is 3.48. The molecule has 0 aliphatic carbocycles. The first kappa shape index (κ1) is 21.0. The van der Waals surface area contributed by atoms with E-state index in [1.807, 2.05) is 30.3 Å². The van der Waals surface area contributed by atoms with Gasteiger partial charge in [0.1, 0.15) is 19.0 Å². The molecule has 1 atom stereocenters. The monoisotopic (exact) mass is 424 g/mol. The molecule has 1 fully saturated rings. The Morgan fingerprint density at radius 1 is 1.13 bits per heavy atom. The molecule has 0 unspecified atom stereocenters. The zero-order valence-corrected chi connectivity index (χ0v) is 17.9. The lowest BCUT2D eigenvalue weighted by molar-refractivity contribution is -0.124. The molecule has 2 aromatic rings. The molecule has 0 bridgehead atoms. The minimum Gasteiger partial charge on any atom is -0.486 e. The lowest BCUT2D eigenvalue weighted by Crippen LogP contribution is -2.35. The molecule has 0 saturated carbocycles. The minimum absolute atomic E-state index is 0.106. The van der Waals surface area contributed by atoms with Crippen LogP contribution >= 0.6 is 0 Å². The van der Waals surface area contributed by atoms with Gasteiger partial charge in [-0.1, -0.05) is 26.0 Å². The van der Waals surface area contributed by atoms with E-state index in [9.17, 15) is 9.59 Å². The number of anilines is 1. The number of ether oxygens (including phenoxy) is 3. The summed E-state index contributed by atoms with van der Waals surface area (Å²) in [6.45, 7) is 5.78. The molecular formula is C24H28N2O5. The Morgan fingerprint density at radius 2 is 1.94 bits per heavy atom. The average Bonchev–Trinajstić information content (AvgIpc) is 3.21. The number of carbonyl (C=O) groups is 2. The maximum Gasteiger partial charge on any atom is 0.258 e. The highest BCUT2D eigenvalue weighted by Crippen LogP contribution is 2.34. The average molecular weight is 424 g/mol. The summed E-state index contributed by atoms with van der Waals surface area (Å²) >= 11 is 0. The van der Waals surface area contributed by atoms with Crippen LogP contribution in [-0.4, -0.2) is 38.2 Å². The Bertz CT molecular complexity index is 959. The second-order valence-corrected chi connectivity index (χ2v) is 8.13. The number of hydrogen-bond donors (Lipinski definition) is 1. The Labute approximate surface area is 182 Å². The van der Waals surface area contributed by atoms with Crippen LogP contribution in [0.1, 0.15) is 38.3 Å². The fourth-order valence-electron chi connectivity index (χ4n) is 3.91. The van der Waals surface area contributed by atoms with Gasteiger partial charge in [0.2, 0.25) is 5.91 Å².